The number of esters is 1. The number of aliphatic hydroxyl groups is 1. The van der Waals surface area contributed by atoms with Crippen LogP contribution in [-0.2, 0) is 33.4 Å². The summed E-state index contributed by atoms with van der Waals surface area (Å²) in [6.07, 6.45) is -4.01. The zero-order chi connectivity index (χ0) is 18.4. The summed E-state index contributed by atoms with van der Waals surface area (Å²) in [5, 5.41) is 27.6. The minimum Gasteiger partial charge on any atom is -0.455 e. The van der Waals surface area contributed by atoms with Crippen LogP contribution in [0.25, 0.3) is 0 Å². The van der Waals surface area contributed by atoms with E-state index in [1.807, 2.05) is 0 Å². The normalized spacial score (nSPS) is 28.8. The average Bonchev–Trinajstić information content (AvgIpc) is 3.08. The second kappa shape index (κ2) is 8.70. The van der Waals surface area contributed by atoms with E-state index in [0.717, 1.165) is 0 Å². The Bertz CT molecular complexity index is 501. The monoisotopic (exact) mass is 368 g/mol. The van der Waals surface area contributed by atoms with Gasteiger partial charge in [0.2, 0.25) is 0 Å². The Hall–Kier alpha value is -2.29. The molecular weight excluding hydrogens is 352 g/mol. The Morgan fingerprint density at radius 3 is 2.56 bits per heavy atom. The molecule has 0 aromatic rings. The lowest BCUT2D eigenvalue weighted by molar-refractivity contribution is -0.790. The zero-order valence-electron chi connectivity index (χ0n) is 12.8. The molecule has 25 heavy (non-hydrogen) atoms. The quantitative estimate of drug-likeness (QED) is 0.251. The van der Waals surface area contributed by atoms with Gasteiger partial charge in [-0.3, -0.25) is 0 Å². The molecule has 142 valence electrons. The maximum Gasteiger partial charge on any atom is 0.332 e. The van der Waals surface area contributed by atoms with Crippen molar-refractivity contribution in [1.82, 2.24) is 0 Å². The highest BCUT2D eigenvalue weighted by atomic mass is 17.0. The Morgan fingerprint density at radius 1 is 1.16 bits per heavy atom. The van der Waals surface area contributed by atoms with Crippen molar-refractivity contribution in [2.75, 3.05) is 33.0 Å². The number of aliphatic hydroxyl groups excluding tert-OH is 1. The van der Waals surface area contributed by atoms with Crippen LogP contribution in [0.4, 0.5) is 0 Å². The van der Waals surface area contributed by atoms with Crippen molar-refractivity contribution in [2.45, 2.75) is 30.5 Å². The van der Waals surface area contributed by atoms with Gasteiger partial charge in [-0.15, -0.1) is 20.2 Å². The number of hydrogen-bond acceptors (Lipinski definition) is 12. The molecule has 1 N–H and O–H groups in total. The van der Waals surface area contributed by atoms with Gasteiger partial charge in [-0.2, -0.15) is 0 Å². The first kappa shape index (κ1) is 19.0. The van der Waals surface area contributed by atoms with Gasteiger partial charge in [-0.25, -0.2) is 4.79 Å². The largest absolute Gasteiger partial charge is 0.455 e. The Kier molecular flexibility index (Phi) is 6.63. The highest BCUT2D eigenvalue weighted by molar-refractivity contribution is 5.71. The van der Waals surface area contributed by atoms with Crippen LogP contribution in [0, 0.1) is 20.2 Å². The number of nitrogens with zero attached hydrogens (tertiary/aromatic N) is 2. The summed E-state index contributed by atoms with van der Waals surface area (Å²) in [6.45, 7) is -1.69. The summed E-state index contributed by atoms with van der Waals surface area (Å²) >= 11 is 0. The lowest BCUT2D eigenvalue weighted by Gasteiger charge is -2.17. The maximum atomic E-state index is 11.7. The number of carbonyl (C=O) groups is 1. The zero-order valence-corrected chi connectivity index (χ0v) is 12.8. The molecule has 0 aromatic carbocycles. The minimum absolute atomic E-state index is 0.0574. The molecule has 14 heteroatoms. The summed E-state index contributed by atoms with van der Waals surface area (Å²) in [6, 6.07) is 0. The average molecular weight is 368 g/mol. The lowest BCUT2D eigenvalue weighted by atomic mass is 10.1. The molecule has 2 saturated heterocycles. The molecule has 14 nitrogen and oxygen atoms in total. The van der Waals surface area contributed by atoms with Gasteiger partial charge in [0.05, 0.1) is 19.8 Å². The molecule has 1 unspecified atom stereocenters. The van der Waals surface area contributed by atoms with Crippen LogP contribution in [0.1, 0.15) is 0 Å². The fourth-order valence-electron chi connectivity index (χ4n) is 2.40. The predicted molar refractivity (Wildman–Crippen MR) is 71.0 cm³/mol. The number of carbonyl (C=O) groups excluding carboxylic acids is 1. The SMILES string of the molecule is O=C(COCC(CO[N+](=O)[O-])O[N+](=O)[O-])O[C@@H]1CO[C@H]2[C@@H]1OC[C@H]2O. The molecule has 0 aliphatic carbocycles. The molecule has 0 saturated carbocycles. The van der Waals surface area contributed by atoms with Crippen LogP contribution in [0.15, 0.2) is 0 Å². The lowest BCUT2D eigenvalue weighted by Crippen LogP contribution is -2.35. The molecule has 0 aromatic heterocycles. The van der Waals surface area contributed by atoms with Gasteiger partial charge in [0.15, 0.2) is 12.2 Å². The fourth-order valence-corrected chi connectivity index (χ4v) is 2.40. The van der Waals surface area contributed by atoms with Gasteiger partial charge in [0, 0.05) is 0 Å². The highest BCUT2D eigenvalue weighted by Crippen LogP contribution is 2.28. The third-order valence-corrected chi connectivity index (χ3v) is 3.39. The van der Waals surface area contributed by atoms with E-state index in [4.69, 9.17) is 18.9 Å². The molecule has 2 rings (SSSR count). The van der Waals surface area contributed by atoms with Gasteiger partial charge in [0.25, 0.3) is 10.2 Å². The van der Waals surface area contributed by atoms with Crippen molar-refractivity contribution < 1.29 is 48.7 Å². The standard InChI is InChI=1S/C11H16N2O12/c14-7-3-21-11-8(4-22-10(7)11)24-9(15)5-20-1-6(25-13(18)19)2-23-12(16)17/h6-8,10-11,14H,1-5H2/t6?,7-,8-,10-,11-/m1/s1. The summed E-state index contributed by atoms with van der Waals surface area (Å²) in [7, 11) is 0. The molecular formula is C11H16N2O12. The third-order valence-electron chi connectivity index (χ3n) is 3.39. The Balaban J connectivity index is 1.69. The van der Waals surface area contributed by atoms with E-state index in [0.29, 0.717) is 0 Å². The molecule has 5 atom stereocenters. The van der Waals surface area contributed by atoms with E-state index in [1.165, 1.54) is 0 Å². The second-order valence-corrected chi connectivity index (χ2v) is 5.18. The van der Waals surface area contributed by atoms with Crippen LogP contribution in [0.5, 0.6) is 0 Å². The number of ether oxygens (including phenoxy) is 4. The van der Waals surface area contributed by atoms with E-state index < -0.39 is 66.5 Å². The fraction of sp³-hybridized carbons (Fsp3) is 0.909. The maximum absolute atomic E-state index is 11.7. The Labute approximate surface area is 139 Å². The molecule has 0 bridgehead atoms. The minimum atomic E-state index is -1.39. The first-order chi connectivity index (χ1) is 11.9. The van der Waals surface area contributed by atoms with Gasteiger partial charge in [-0.05, 0) is 0 Å². The highest BCUT2D eigenvalue weighted by Gasteiger charge is 2.48. The van der Waals surface area contributed by atoms with Crippen LogP contribution in [0.2, 0.25) is 0 Å². The van der Waals surface area contributed by atoms with Crippen LogP contribution >= 0.6 is 0 Å². The second-order valence-electron chi connectivity index (χ2n) is 5.18. The molecule has 2 heterocycles. The molecule has 0 amide bonds. The van der Waals surface area contributed by atoms with Gasteiger partial charge in [-0.1, -0.05) is 0 Å². The first-order valence-corrected chi connectivity index (χ1v) is 7.13. The van der Waals surface area contributed by atoms with Gasteiger partial charge in [0.1, 0.15) is 31.5 Å². The molecule has 0 spiro atoms. The summed E-state index contributed by atoms with van der Waals surface area (Å²) in [4.78, 5) is 40.2. The summed E-state index contributed by atoms with van der Waals surface area (Å²) in [5.74, 6) is -0.797. The summed E-state index contributed by atoms with van der Waals surface area (Å²) < 4.78 is 20.5. The number of rotatable bonds is 10. The number of hydrogen-bond donors (Lipinski definition) is 1. The molecule has 2 aliphatic rings. The van der Waals surface area contributed by atoms with Crippen molar-refractivity contribution in [1.29, 1.82) is 0 Å². The van der Waals surface area contributed by atoms with E-state index in [1.54, 1.807) is 0 Å². The summed E-state index contributed by atoms with van der Waals surface area (Å²) in [5.41, 5.74) is 0. The molecule has 2 fully saturated rings. The topological polar surface area (TPSA) is 179 Å². The predicted octanol–water partition coefficient (Wildman–Crippen LogP) is -2.14. The van der Waals surface area contributed by atoms with Crippen molar-refractivity contribution in [3.05, 3.63) is 20.2 Å². The van der Waals surface area contributed by atoms with Crippen molar-refractivity contribution in [3.63, 3.8) is 0 Å². The van der Waals surface area contributed by atoms with E-state index in [9.17, 15) is 30.1 Å². The third kappa shape index (κ3) is 5.63. The van der Waals surface area contributed by atoms with Crippen LogP contribution in [0.3, 0.4) is 0 Å². The van der Waals surface area contributed by atoms with Crippen LogP contribution < -0.4 is 0 Å². The van der Waals surface area contributed by atoms with E-state index in [-0.39, 0.29) is 13.2 Å². The van der Waals surface area contributed by atoms with Crippen molar-refractivity contribution in [2.24, 2.45) is 0 Å². The van der Waals surface area contributed by atoms with Crippen LogP contribution in [-0.4, -0.2) is 84.8 Å². The number of fused-ring (bicyclic) bond motifs is 1. The molecule has 0 radical (unpaired) electrons. The van der Waals surface area contributed by atoms with Crippen molar-refractivity contribution >= 4 is 5.97 Å². The van der Waals surface area contributed by atoms with Gasteiger partial charge >= 0.3 is 5.97 Å². The molecule has 2 aliphatic heterocycles. The smallest absolute Gasteiger partial charge is 0.332 e. The Morgan fingerprint density at radius 2 is 1.88 bits per heavy atom. The van der Waals surface area contributed by atoms with E-state index >= 15 is 0 Å². The van der Waals surface area contributed by atoms with E-state index in [2.05, 4.69) is 9.68 Å². The first-order valence-electron chi connectivity index (χ1n) is 7.13. The van der Waals surface area contributed by atoms with Gasteiger partial charge < -0.3 is 33.7 Å². The van der Waals surface area contributed by atoms with Crippen molar-refractivity contribution in [3.8, 4) is 0 Å².